The van der Waals surface area contributed by atoms with Gasteiger partial charge in [0.05, 0.1) is 12.2 Å². The van der Waals surface area contributed by atoms with E-state index in [1.165, 1.54) is 6.07 Å². The first-order chi connectivity index (χ1) is 14.6. The molecule has 0 atom stereocenters. The van der Waals surface area contributed by atoms with Crippen LogP contribution >= 0.6 is 0 Å². The SMILES string of the molecule is O=C1CCCc2c(OCCCN3CCC(C(=O)c4ccccc4F)CC3)cccc21. The van der Waals surface area contributed by atoms with Crippen LogP contribution in [0, 0.1) is 11.7 Å². The van der Waals surface area contributed by atoms with Crippen molar-refractivity contribution in [2.24, 2.45) is 5.92 Å². The Bertz CT molecular complexity index is 918. The van der Waals surface area contributed by atoms with Gasteiger partial charge >= 0.3 is 0 Å². The predicted octanol–water partition coefficient (Wildman–Crippen LogP) is 4.71. The third-order valence-electron chi connectivity index (χ3n) is 6.24. The second-order valence-corrected chi connectivity index (χ2v) is 8.22. The van der Waals surface area contributed by atoms with Gasteiger partial charge in [-0.05, 0) is 63.4 Å². The van der Waals surface area contributed by atoms with E-state index in [0.717, 1.165) is 68.6 Å². The number of halogens is 1. The van der Waals surface area contributed by atoms with Gasteiger partial charge in [0.1, 0.15) is 11.6 Å². The Morgan fingerprint density at radius 1 is 1.07 bits per heavy atom. The lowest BCUT2D eigenvalue weighted by molar-refractivity contribution is 0.0831. The van der Waals surface area contributed by atoms with Crippen LogP contribution in [0.2, 0.25) is 0 Å². The number of hydrogen-bond donors (Lipinski definition) is 0. The van der Waals surface area contributed by atoms with Crippen molar-refractivity contribution in [2.45, 2.75) is 38.5 Å². The average molecular weight is 410 g/mol. The Morgan fingerprint density at radius 3 is 2.67 bits per heavy atom. The van der Waals surface area contributed by atoms with Gasteiger partial charge in [0.25, 0.3) is 0 Å². The molecule has 0 bridgehead atoms. The highest BCUT2D eigenvalue weighted by molar-refractivity contribution is 5.99. The predicted molar refractivity (Wildman–Crippen MR) is 114 cm³/mol. The summed E-state index contributed by atoms with van der Waals surface area (Å²) in [5.41, 5.74) is 2.09. The lowest BCUT2D eigenvalue weighted by Crippen LogP contribution is -2.37. The van der Waals surface area contributed by atoms with Gasteiger partial charge in [-0.15, -0.1) is 0 Å². The maximum absolute atomic E-state index is 13.9. The van der Waals surface area contributed by atoms with E-state index in [1.54, 1.807) is 18.2 Å². The van der Waals surface area contributed by atoms with E-state index in [1.807, 2.05) is 18.2 Å². The van der Waals surface area contributed by atoms with Crippen molar-refractivity contribution in [1.82, 2.24) is 4.90 Å². The molecule has 0 spiro atoms. The van der Waals surface area contributed by atoms with Crippen molar-refractivity contribution in [1.29, 1.82) is 0 Å². The molecule has 158 valence electrons. The Hall–Kier alpha value is -2.53. The first-order valence-electron chi connectivity index (χ1n) is 10.9. The molecule has 0 aromatic heterocycles. The molecule has 1 aliphatic carbocycles. The van der Waals surface area contributed by atoms with Gasteiger partial charge in [-0.3, -0.25) is 9.59 Å². The molecular formula is C25H28FNO3. The third kappa shape index (κ3) is 4.62. The molecule has 0 amide bonds. The van der Waals surface area contributed by atoms with Gasteiger partial charge in [-0.2, -0.15) is 0 Å². The largest absolute Gasteiger partial charge is 0.493 e. The smallest absolute Gasteiger partial charge is 0.168 e. The van der Waals surface area contributed by atoms with Crippen molar-refractivity contribution in [2.75, 3.05) is 26.2 Å². The Balaban J connectivity index is 1.22. The van der Waals surface area contributed by atoms with Crippen molar-refractivity contribution in [3.8, 4) is 5.75 Å². The molecule has 2 aromatic carbocycles. The van der Waals surface area contributed by atoms with E-state index in [2.05, 4.69) is 4.90 Å². The summed E-state index contributed by atoms with van der Waals surface area (Å²) in [4.78, 5) is 27.0. The highest BCUT2D eigenvalue weighted by atomic mass is 19.1. The lowest BCUT2D eigenvalue weighted by Gasteiger charge is -2.31. The summed E-state index contributed by atoms with van der Waals surface area (Å²) in [5, 5.41) is 0. The number of fused-ring (bicyclic) bond motifs is 1. The molecule has 5 heteroatoms. The minimum absolute atomic E-state index is 0.0699. The zero-order chi connectivity index (χ0) is 20.9. The lowest BCUT2D eigenvalue weighted by atomic mass is 9.88. The number of benzene rings is 2. The summed E-state index contributed by atoms with van der Waals surface area (Å²) in [6, 6.07) is 12.0. The van der Waals surface area contributed by atoms with Crippen molar-refractivity contribution in [3.63, 3.8) is 0 Å². The van der Waals surface area contributed by atoms with Gasteiger partial charge in [-0.1, -0.05) is 24.3 Å². The summed E-state index contributed by atoms with van der Waals surface area (Å²) in [7, 11) is 0. The van der Waals surface area contributed by atoms with E-state index in [4.69, 9.17) is 4.74 Å². The zero-order valence-corrected chi connectivity index (χ0v) is 17.2. The monoisotopic (exact) mass is 409 g/mol. The second kappa shape index (κ2) is 9.52. The van der Waals surface area contributed by atoms with Gasteiger partial charge in [-0.25, -0.2) is 4.39 Å². The number of rotatable bonds is 7. The first kappa shape index (κ1) is 20.7. The number of nitrogens with zero attached hydrogens (tertiary/aromatic N) is 1. The van der Waals surface area contributed by atoms with Crippen LogP contribution in [0.3, 0.4) is 0 Å². The Morgan fingerprint density at radius 2 is 1.87 bits per heavy atom. The summed E-state index contributed by atoms with van der Waals surface area (Å²) in [6.07, 6.45) is 4.85. The van der Waals surface area contributed by atoms with E-state index in [0.29, 0.717) is 13.0 Å². The van der Waals surface area contributed by atoms with E-state index in [9.17, 15) is 14.0 Å². The molecule has 0 radical (unpaired) electrons. The van der Waals surface area contributed by atoms with Crippen LogP contribution in [0.5, 0.6) is 5.75 Å². The molecule has 30 heavy (non-hydrogen) atoms. The molecule has 0 saturated carbocycles. The highest BCUT2D eigenvalue weighted by Crippen LogP contribution is 2.29. The number of carbonyl (C=O) groups excluding carboxylic acids is 2. The fourth-order valence-electron chi connectivity index (χ4n) is 4.55. The van der Waals surface area contributed by atoms with Gasteiger partial charge < -0.3 is 9.64 Å². The first-order valence-corrected chi connectivity index (χ1v) is 10.9. The highest BCUT2D eigenvalue weighted by Gasteiger charge is 2.27. The normalized spacial score (nSPS) is 17.6. The molecular weight excluding hydrogens is 381 g/mol. The molecule has 4 rings (SSSR count). The van der Waals surface area contributed by atoms with Crippen LogP contribution in [-0.4, -0.2) is 42.7 Å². The fourth-order valence-corrected chi connectivity index (χ4v) is 4.55. The minimum atomic E-state index is -0.424. The summed E-state index contributed by atoms with van der Waals surface area (Å²) < 4.78 is 19.9. The molecule has 0 N–H and O–H groups in total. The van der Waals surface area contributed by atoms with Crippen LogP contribution < -0.4 is 4.74 Å². The summed E-state index contributed by atoms with van der Waals surface area (Å²) >= 11 is 0. The standard InChI is InChI=1S/C25H28FNO3/c26-22-9-2-1-6-21(22)25(29)18-12-15-27(16-13-18)14-5-17-30-24-11-4-7-19-20(24)8-3-10-23(19)28/h1-2,4,6-7,9,11,18H,3,5,8,10,12-17H2. The molecule has 1 saturated heterocycles. The molecule has 0 unspecified atom stereocenters. The number of hydrogen-bond acceptors (Lipinski definition) is 4. The van der Waals surface area contributed by atoms with Crippen LogP contribution in [0.25, 0.3) is 0 Å². The number of likely N-dealkylation sites (tertiary alicyclic amines) is 1. The number of carbonyl (C=O) groups is 2. The number of piperidine rings is 1. The Kier molecular flexibility index (Phi) is 6.58. The summed E-state index contributed by atoms with van der Waals surface area (Å²) in [6.45, 7) is 3.22. The zero-order valence-electron chi connectivity index (χ0n) is 17.2. The second-order valence-electron chi connectivity index (χ2n) is 8.22. The van der Waals surface area contributed by atoms with E-state index < -0.39 is 5.82 Å². The van der Waals surface area contributed by atoms with E-state index in [-0.39, 0.29) is 23.0 Å². The number of Topliss-reactive ketones (excluding diaryl/α,β-unsaturated/α-hetero) is 2. The van der Waals surface area contributed by atoms with Crippen LogP contribution in [0.1, 0.15) is 58.4 Å². The maximum Gasteiger partial charge on any atom is 0.168 e. The van der Waals surface area contributed by atoms with E-state index >= 15 is 0 Å². The fraction of sp³-hybridized carbons (Fsp3) is 0.440. The third-order valence-corrected chi connectivity index (χ3v) is 6.24. The minimum Gasteiger partial charge on any atom is -0.493 e. The van der Waals surface area contributed by atoms with Crippen molar-refractivity contribution < 1.29 is 18.7 Å². The van der Waals surface area contributed by atoms with Crippen molar-refractivity contribution in [3.05, 3.63) is 65.0 Å². The molecule has 4 nitrogen and oxygen atoms in total. The van der Waals surface area contributed by atoms with Gasteiger partial charge in [0.2, 0.25) is 0 Å². The molecule has 2 aliphatic rings. The molecule has 1 heterocycles. The molecule has 1 aliphatic heterocycles. The van der Waals surface area contributed by atoms with Crippen LogP contribution in [0.15, 0.2) is 42.5 Å². The molecule has 1 fully saturated rings. The van der Waals surface area contributed by atoms with Crippen LogP contribution in [0.4, 0.5) is 4.39 Å². The number of ether oxygens (including phenoxy) is 1. The summed E-state index contributed by atoms with van der Waals surface area (Å²) in [5.74, 6) is 0.471. The quantitative estimate of drug-likeness (QED) is 0.491. The van der Waals surface area contributed by atoms with Gasteiger partial charge in [0, 0.05) is 30.0 Å². The Labute approximate surface area is 177 Å². The average Bonchev–Trinajstić information content (AvgIpc) is 2.77. The topological polar surface area (TPSA) is 46.6 Å². The van der Waals surface area contributed by atoms with Crippen LogP contribution in [-0.2, 0) is 6.42 Å². The van der Waals surface area contributed by atoms with Gasteiger partial charge in [0.15, 0.2) is 11.6 Å². The molecule has 2 aromatic rings. The maximum atomic E-state index is 13.9. The number of ketones is 2. The van der Waals surface area contributed by atoms with Crippen molar-refractivity contribution >= 4 is 11.6 Å².